The summed E-state index contributed by atoms with van der Waals surface area (Å²) < 4.78 is 11.8. The summed E-state index contributed by atoms with van der Waals surface area (Å²) in [6.45, 7) is 2.76. The monoisotopic (exact) mass is 487 g/mol. The number of nitrogens with zero attached hydrogens (tertiary/aromatic N) is 1. The summed E-state index contributed by atoms with van der Waals surface area (Å²) in [6, 6.07) is 36.6. The number of carbonyl (C=O) groups excluding carboxylic acids is 1. The van der Waals surface area contributed by atoms with Gasteiger partial charge in [0, 0.05) is 24.6 Å². The molecule has 183 valence electrons. The van der Waals surface area contributed by atoms with Gasteiger partial charge in [-0.2, -0.15) is 0 Å². The van der Waals surface area contributed by atoms with Gasteiger partial charge in [-0.3, -0.25) is 4.79 Å². The van der Waals surface area contributed by atoms with Gasteiger partial charge in [-0.05, 0) is 47.9 Å². The van der Waals surface area contributed by atoms with Crippen molar-refractivity contribution >= 4 is 5.91 Å². The molecule has 37 heavy (non-hydrogen) atoms. The van der Waals surface area contributed by atoms with Crippen molar-refractivity contribution in [1.29, 1.82) is 0 Å². The maximum Gasteiger partial charge on any atom is 0.252 e. The largest absolute Gasteiger partial charge is 0.493 e. The van der Waals surface area contributed by atoms with Crippen LogP contribution in [-0.4, -0.2) is 17.5 Å². The standard InChI is InChI=1S/C32H27N2O3/c1-23-30(34-32(37-23)27-17-15-26(16-18-27)25-11-6-3-7-12-25)19-20-36-29-14-8-13-28(21-29)31(35)33-22-24-9-4-2-5-10-24/h2-18H,19-20,22H2,1H3,(H,33,35). The van der Waals surface area contributed by atoms with Crippen LogP contribution < -0.4 is 10.1 Å². The Morgan fingerprint density at radius 3 is 2.27 bits per heavy atom. The number of amides is 1. The molecule has 0 spiro atoms. The molecular weight excluding hydrogens is 460 g/mol. The van der Waals surface area contributed by atoms with E-state index in [2.05, 4.69) is 35.6 Å². The molecular formula is C32H27N2O3. The number of benzene rings is 4. The van der Waals surface area contributed by atoms with Gasteiger partial charge in [0.2, 0.25) is 5.89 Å². The number of rotatable bonds is 9. The molecule has 5 aromatic rings. The second-order valence-corrected chi connectivity index (χ2v) is 8.66. The zero-order valence-corrected chi connectivity index (χ0v) is 20.6. The molecule has 4 aromatic carbocycles. The molecule has 1 N–H and O–H groups in total. The minimum Gasteiger partial charge on any atom is -0.493 e. The second kappa shape index (κ2) is 11.4. The lowest BCUT2D eigenvalue weighted by Crippen LogP contribution is -2.22. The Morgan fingerprint density at radius 2 is 1.51 bits per heavy atom. The normalized spacial score (nSPS) is 10.7. The Hall–Kier alpha value is -4.64. The van der Waals surface area contributed by atoms with Crippen LogP contribution in [0.5, 0.6) is 5.75 Å². The first-order valence-corrected chi connectivity index (χ1v) is 12.2. The highest BCUT2D eigenvalue weighted by Crippen LogP contribution is 2.26. The van der Waals surface area contributed by atoms with Crippen LogP contribution in [0, 0.1) is 13.0 Å². The Labute approximate surface area is 216 Å². The fraction of sp³-hybridized carbons (Fsp3) is 0.125. The number of hydrogen-bond donors (Lipinski definition) is 1. The van der Waals surface area contributed by atoms with Crippen molar-refractivity contribution in [3.8, 4) is 28.3 Å². The molecule has 5 nitrogen and oxygen atoms in total. The molecule has 1 amide bonds. The van der Waals surface area contributed by atoms with E-state index in [0.29, 0.717) is 36.8 Å². The molecule has 0 saturated carbocycles. The van der Waals surface area contributed by atoms with Crippen molar-refractivity contribution in [2.45, 2.75) is 19.9 Å². The van der Waals surface area contributed by atoms with Crippen LogP contribution in [0.1, 0.15) is 27.4 Å². The molecule has 0 saturated heterocycles. The summed E-state index contributed by atoms with van der Waals surface area (Å²) in [7, 11) is 0. The molecule has 0 fully saturated rings. The average Bonchev–Trinajstić information content (AvgIpc) is 3.33. The van der Waals surface area contributed by atoms with E-state index in [1.807, 2.05) is 67.6 Å². The first-order chi connectivity index (χ1) is 18.2. The van der Waals surface area contributed by atoms with E-state index in [4.69, 9.17) is 14.1 Å². The number of ether oxygens (including phenoxy) is 1. The number of aryl methyl sites for hydroxylation is 1. The summed E-state index contributed by atoms with van der Waals surface area (Å²) in [5, 5.41) is 2.91. The van der Waals surface area contributed by atoms with Gasteiger partial charge in [0.1, 0.15) is 11.5 Å². The first kappa shape index (κ1) is 24.1. The molecule has 0 aliphatic rings. The fourth-order valence-corrected chi connectivity index (χ4v) is 4.01. The van der Waals surface area contributed by atoms with E-state index in [1.165, 1.54) is 5.56 Å². The SMILES string of the molecule is Cc1oc(-c2ccc(-c3ccccc3)cc2)nc1CCOc1[c]c(C(=O)NCc2ccccc2)ccc1. The predicted molar refractivity (Wildman–Crippen MR) is 144 cm³/mol. The number of nitrogens with one attached hydrogen (secondary N) is 1. The van der Waals surface area contributed by atoms with Gasteiger partial charge in [-0.15, -0.1) is 0 Å². The van der Waals surface area contributed by atoms with Gasteiger partial charge in [0.25, 0.3) is 5.91 Å². The Bertz CT molecular complexity index is 1460. The van der Waals surface area contributed by atoms with E-state index < -0.39 is 0 Å². The second-order valence-electron chi connectivity index (χ2n) is 8.66. The molecule has 5 heteroatoms. The van der Waals surface area contributed by atoms with Crippen molar-refractivity contribution in [3.63, 3.8) is 0 Å². The molecule has 1 aromatic heterocycles. The number of aromatic nitrogens is 1. The van der Waals surface area contributed by atoms with Crippen LogP contribution in [0.4, 0.5) is 0 Å². The lowest BCUT2D eigenvalue weighted by Gasteiger charge is -2.08. The van der Waals surface area contributed by atoms with Crippen molar-refractivity contribution in [2.24, 2.45) is 0 Å². The van der Waals surface area contributed by atoms with Crippen LogP contribution in [0.25, 0.3) is 22.6 Å². The number of oxazole rings is 1. The quantitative estimate of drug-likeness (QED) is 0.252. The lowest BCUT2D eigenvalue weighted by molar-refractivity contribution is 0.0950. The van der Waals surface area contributed by atoms with Crippen LogP contribution in [-0.2, 0) is 13.0 Å². The van der Waals surface area contributed by atoms with Crippen molar-refractivity contribution < 1.29 is 13.9 Å². The van der Waals surface area contributed by atoms with Crippen molar-refractivity contribution in [2.75, 3.05) is 6.61 Å². The zero-order chi connectivity index (χ0) is 25.5. The molecule has 0 aliphatic heterocycles. The summed E-state index contributed by atoms with van der Waals surface area (Å²) in [4.78, 5) is 17.2. The summed E-state index contributed by atoms with van der Waals surface area (Å²) >= 11 is 0. The van der Waals surface area contributed by atoms with Gasteiger partial charge in [-0.1, -0.05) is 78.9 Å². The van der Waals surface area contributed by atoms with E-state index in [1.54, 1.807) is 18.2 Å². The minimum absolute atomic E-state index is 0.190. The minimum atomic E-state index is -0.190. The highest BCUT2D eigenvalue weighted by Gasteiger charge is 2.13. The van der Waals surface area contributed by atoms with Crippen molar-refractivity contribution in [1.82, 2.24) is 10.3 Å². The lowest BCUT2D eigenvalue weighted by atomic mass is 10.0. The Kier molecular flexibility index (Phi) is 7.42. The number of carbonyl (C=O) groups is 1. The molecule has 1 radical (unpaired) electrons. The number of hydrogen-bond acceptors (Lipinski definition) is 4. The van der Waals surface area contributed by atoms with Gasteiger partial charge in [-0.25, -0.2) is 4.98 Å². The van der Waals surface area contributed by atoms with Crippen LogP contribution in [0.15, 0.2) is 108 Å². The van der Waals surface area contributed by atoms with Gasteiger partial charge >= 0.3 is 0 Å². The van der Waals surface area contributed by atoms with Gasteiger partial charge < -0.3 is 14.5 Å². The molecule has 0 bridgehead atoms. The third kappa shape index (κ3) is 6.14. The van der Waals surface area contributed by atoms with Gasteiger partial charge in [0.05, 0.1) is 17.9 Å². The van der Waals surface area contributed by atoms with E-state index in [0.717, 1.165) is 28.1 Å². The fourth-order valence-electron chi connectivity index (χ4n) is 4.01. The molecule has 5 rings (SSSR count). The van der Waals surface area contributed by atoms with Gasteiger partial charge in [0.15, 0.2) is 0 Å². The summed E-state index contributed by atoms with van der Waals surface area (Å²) in [5.74, 6) is 1.69. The molecule has 1 heterocycles. The van der Waals surface area contributed by atoms with E-state index in [-0.39, 0.29) is 5.91 Å². The van der Waals surface area contributed by atoms with Crippen molar-refractivity contribution in [3.05, 3.63) is 132 Å². The third-order valence-corrected chi connectivity index (χ3v) is 6.04. The summed E-state index contributed by atoms with van der Waals surface area (Å²) in [5.41, 5.74) is 5.57. The van der Waals surface area contributed by atoms with E-state index >= 15 is 0 Å². The topological polar surface area (TPSA) is 64.4 Å². The average molecular weight is 488 g/mol. The smallest absolute Gasteiger partial charge is 0.252 e. The van der Waals surface area contributed by atoms with E-state index in [9.17, 15) is 4.79 Å². The first-order valence-electron chi connectivity index (χ1n) is 12.2. The predicted octanol–water partition coefficient (Wildman–Crippen LogP) is 6.67. The maximum absolute atomic E-state index is 12.5. The highest BCUT2D eigenvalue weighted by atomic mass is 16.5. The highest BCUT2D eigenvalue weighted by molar-refractivity contribution is 5.94. The Balaban J connectivity index is 1.17. The maximum atomic E-state index is 12.5. The third-order valence-electron chi connectivity index (χ3n) is 6.04. The Morgan fingerprint density at radius 1 is 0.838 bits per heavy atom. The summed E-state index contributed by atoms with van der Waals surface area (Å²) in [6.07, 6.45) is 0.579. The molecule has 0 atom stereocenters. The van der Waals surface area contributed by atoms with Crippen LogP contribution in [0.2, 0.25) is 0 Å². The molecule has 0 unspecified atom stereocenters. The molecule has 0 aliphatic carbocycles. The van der Waals surface area contributed by atoms with Crippen LogP contribution >= 0.6 is 0 Å². The van der Waals surface area contributed by atoms with Crippen LogP contribution in [0.3, 0.4) is 0 Å². The zero-order valence-electron chi connectivity index (χ0n) is 20.6.